The van der Waals surface area contributed by atoms with Gasteiger partial charge in [0.1, 0.15) is 0 Å². The molecule has 1 atom stereocenters. The maximum atomic E-state index is 4.34. The van der Waals surface area contributed by atoms with E-state index in [1.165, 1.54) is 19.3 Å². The minimum atomic E-state index is 0.646. The third kappa shape index (κ3) is 3.16. The van der Waals surface area contributed by atoms with E-state index in [-0.39, 0.29) is 0 Å². The van der Waals surface area contributed by atoms with E-state index in [4.69, 9.17) is 0 Å². The summed E-state index contributed by atoms with van der Waals surface area (Å²) in [4.78, 5) is 13.5. The van der Waals surface area contributed by atoms with Gasteiger partial charge in [-0.25, -0.2) is 9.97 Å². The molecule has 1 aromatic heterocycles. The van der Waals surface area contributed by atoms with Crippen LogP contribution < -0.4 is 4.90 Å². The maximum Gasteiger partial charge on any atom is 0.225 e. The summed E-state index contributed by atoms with van der Waals surface area (Å²) in [5.41, 5.74) is 0. The van der Waals surface area contributed by atoms with Gasteiger partial charge in [-0.3, -0.25) is 4.90 Å². The molecule has 94 valence electrons. The third-order valence-corrected chi connectivity index (χ3v) is 3.50. The van der Waals surface area contributed by atoms with Crippen molar-refractivity contribution in [2.24, 2.45) is 0 Å². The lowest BCUT2D eigenvalue weighted by molar-refractivity contribution is 0.204. The second kappa shape index (κ2) is 5.96. The zero-order valence-corrected chi connectivity index (χ0v) is 10.8. The van der Waals surface area contributed by atoms with E-state index in [1.54, 1.807) is 0 Å². The molecule has 1 aliphatic heterocycles. The molecule has 4 nitrogen and oxygen atoms in total. The normalized spacial score (nSPS) is 21.8. The van der Waals surface area contributed by atoms with E-state index in [2.05, 4.69) is 33.7 Å². The van der Waals surface area contributed by atoms with Crippen molar-refractivity contribution in [1.29, 1.82) is 0 Å². The van der Waals surface area contributed by atoms with Gasteiger partial charge in [0.25, 0.3) is 0 Å². The van der Waals surface area contributed by atoms with Crippen LogP contribution in [0.3, 0.4) is 0 Å². The Morgan fingerprint density at radius 3 is 2.76 bits per heavy atom. The highest BCUT2D eigenvalue weighted by Gasteiger charge is 2.24. The Bertz CT molecular complexity index is 327. The van der Waals surface area contributed by atoms with Crippen LogP contribution in [0.25, 0.3) is 0 Å². The number of rotatable bonds is 4. The van der Waals surface area contributed by atoms with Gasteiger partial charge in [0.15, 0.2) is 0 Å². The predicted molar refractivity (Wildman–Crippen MR) is 70.2 cm³/mol. The van der Waals surface area contributed by atoms with Crippen molar-refractivity contribution in [3.8, 4) is 0 Å². The molecule has 1 saturated heterocycles. The molecule has 0 amide bonds. The van der Waals surface area contributed by atoms with Crippen molar-refractivity contribution in [2.45, 2.75) is 32.2 Å². The molecule has 1 fully saturated rings. The van der Waals surface area contributed by atoms with Gasteiger partial charge in [-0.05, 0) is 19.5 Å². The minimum absolute atomic E-state index is 0.646. The second-order valence-electron chi connectivity index (χ2n) is 4.77. The van der Waals surface area contributed by atoms with Crippen molar-refractivity contribution in [2.75, 3.05) is 31.6 Å². The molecule has 2 rings (SSSR count). The van der Waals surface area contributed by atoms with E-state index in [0.29, 0.717) is 6.04 Å². The number of unbranched alkanes of at least 4 members (excludes halogenated alkanes) is 1. The second-order valence-corrected chi connectivity index (χ2v) is 4.77. The molecule has 0 aliphatic carbocycles. The van der Waals surface area contributed by atoms with Crippen LogP contribution in [0.5, 0.6) is 0 Å². The Morgan fingerprint density at radius 2 is 2.06 bits per heavy atom. The minimum Gasteiger partial charge on any atom is -0.338 e. The summed E-state index contributed by atoms with van der Waals surface area (Å²) >= 11 is 0. The molecule has 0 aromatic carbocycles. The molecule has 0 radical (unpaired) electrons. The molecule has 1 aliphatic rings. The summed E-state index contributed by atoms with van der Waals surface area (Å²) < 4.78 is 0. The molecule has 0 N–H and O–H groups in total. The van der Waals surface area contributed by atoms with Crippen molar-refractivity contribution in [3.63, 3.8) is 0 Å². The molecule has 1 unspecified atom stereocenters. The van der Waals surface area contributed by atoms with Gasteiger partial charge in [-0.2, -0.15) is 0 Å². The molecule has 1 aromatic rings. The first kappa shape index (κ1) is 12.3. The maximum absolute atomic E-state index is 4.34. The summed E-state index contributed by atoms with van der Waals surface area (Å²) in [7, 11) is 2.23. The van der Waals surface area contributed by atoms with E-state index in [0.717, 1.165) is 25.6 Å². The van der Waals surface area contributed by atoms with E-state index in [9.17, 15) is 0 Å². The largest absolute Gasteiger partial charge is 0.338 e. The van der Waals surface area contributed by atoms with Crippen molar-refractivity contribution >= 4 is 5.95 Å². The topological polar surface area (TPSA) is 32.3 Å². The zero-order valence-electron chi connectivity index (χ0n) is 10.8. The highest BCUT2D eigenvalue weighted by molar-refractivity contribution is 5.29. The first-order chi connectivity index (χ1) is 8.31. The Balaban J connectivity index is 1.97. The lowest BCUT2D eigenvalue weighted by Gasteiger charge is -2.39. The average Bonchev–Trinajstić information content (AvgIpc) is 2.39. The van der Waals surface area contributed by atoms with E-state index < -0.39 is 0 Å². The number of anilines is 1. The van der Waals surface area contributed by atoms with Gasteiger partial charge in [0.2, 0.25) is 5.95 Å². The summed E-state index contributed by atoms with van der Waals surface area (Å²) in [5.74, 6) is 0.877. The first-order valence-corrected chi connectivity index (χ1v) is 6.53. The Kier molecular flexibility index (Phi) is 4.31. The van der Waals surface area contributed by atoms with Gasteiger partial charge in [-0.1, -0.05) is 19.8 Å². The van der Waals surface area contributed by atoms with Crippen molar-refractivity contribution in [1.82, 2.24) is 14.9 Å². The SMILES string of the molecule is CCCCC1CN(c2ncccn2)CCN1C. The van der Waals surface area contributed by atoms with E-state index in [1.807, 2.05) is 18.5 Å². The van der Waals surface area contributed by atoms with Gasteiger partial charge in [0, 0.05) is 38.1 Å². The molecule has 0 spiro atoms. The molecule has 0 bridgehead atoms. The molecule has 4 heteroatoms. The number of likely N-dealkylation sites (N-methyl/N-ethyl adjacent to an activating group) is 1. The standard InChI is InChI=1S/C13H22N4/c1-3-4-6-12-11-17(10-9-16(12)2)13-14-7-5-8-15-13/h5,7-8,12H,3-4,6,9-11H2,1-2H3. The number of hydrogen-bond acceptors (Lipinski definition) is 4. The molecular formula is C13H22N4. The zero-order chi connectivity index (χ0) is 12.1. The van der Waals surface area contributed by atoms with Crippen LogP contribution in [0.15, 0.2) is 18.5 Å². The van der Waals surface area contributed by atoms with E-state index >= 15 is 0 Å². The Hall–Kier alpha value is -1.16. The van der Waals surface area contributed by atoms with Crippen molar-refractivity contribution in [3.05, 3.63) is 18.5 Å². The predicted octanol–water partition coefficient (Wildman–Crippen LogP) is 1.79. The third-order valence-electron chi connectivity index (χ3n) is 3.50. The summed E-state index contributed by atoms with van der Waals surface area (Å²) in [6.07, 6.45) is 7.49. The van der Waals surface area contributed by atoms with Crippen LogP contribution in [0.2, 0.25) is 0 Å². The van der Waals surface area contributed by atoms with Gasteiger partial charge in [0.05, 0.1) is 0 Å². The highest BCUT2D eigenvalue weighted by Crippen LogP contribution is 2.17. The van der Waals surface area contributed by atoms with Gasteiger partial charge >= 0.3 is 0 Å². The van der Waals surface area contributed by atoms with Crippen LogP contribution >= 0.6 is 0 Å². The van der Waals surface area contributed by atoms with Crippen LogP contribution in [0.1, 0.15) is 26.2 Å². The van der Waals surface area contributed by atoms with Crippen LogP contribution in [-0.2, 0) is 0 Å². The molecule has 0 saturated carbocycles. The Morgan fingerprint density at radius 1 is 1.29 bits per heavy atom. The number of piperazine rings is 1. The average molecular weight is 234 g/mol. The quantitative estimate of drug-likeness (QED) is 0.795. The number of aromatic nitrogens is 2. The van der Waals surface area contributed by atoms with Gasteiger partial charge in [-0.15, -0.1) is 0 Å². The number of nitrogens with zero attached hydrogens (tertiary/aromatic N) is 4. The number of hydrogen-bond donors (Lipinski definition) is 0. The fourth-order valence-electron chi connectivity index (χ4n) is 2.33. The first-order valence-electron chi connectivity index (χ1n) is 6.53. The van der Waals surface area contributed by atoms with Crippen LogP contribution in [-0.4, -0.2) is 47.6 Å². The lowest BCUT2D eigenvalue weighted by Crippen LogP contribution is -2.51. The lowest BCUT2D eigenvalue weighted by atomic mass is 10.1. The highest BCUT2D eigenvalue weighted by atomic mass is 15.3. The van der Waals surface area contributed by atoms with Crippen LogP contribution in [0.4, 0.5) is 5.95 Å². The fourth-order valence-corrected chi connectivity index (χ4v) is 2.33. The Labute approximate surface area is 104 Å². The fraction of sp³-hybridized carbons (Fsp3) is 0.692. The molecule has 17 heavy (non-hydrogen) atoms. The van der Waals surface area contributed by atoms with Gasteiger partial charge < -0.3 is 4.90 Å². The van der Waals surface area contributed by atoms with Crippen LogP contribution in [0, 0.1) is 0 Å². The summed E-state index contributed by atoms with van der Waals surface area (Å²) in [6, 6.07) is 2.52. The molecule has 2 heterocycles. The smallest absolute Gasteiger partial charge is 0.225 e. The summed E-state index contributed by atoms with van der Waals surface area (Å²) in [6.45, 7) is 5.44. The molecular weight excluding hydrogens is 212 g/mol. The summed E-state index contributed by atoms with van der Waals surface area (Å²) in [5, 5.41) is 0. The monoisotopic (exact) mass is 234 g/mol. The van der Waals surface area contributed by atoms with Crippen molar-refractivity contribution < 1.29 is 0 Å².